The number of ether oxygens (including phenoxy) is 1. The molecule has 5 rings (SSSR count). The van der Waals surface area contributed by atoms with Crippen LogP contribution in [0.2, 0.25) is 0 Å². The van der Waals surface area contributed by atoms with Crippen molar-refractivity contribution < 1.29 is 24.0 Å². The second kappa shape index (κ2) is 8.14. The van der Waals surface area contributed by atoms with E-state index in [0.29, 0.717) is 28.2 Å². The Kier molecular flexibility index (Phi) is 5.22. The lowest BCUT2D eigenvalue weighted by molar-refractivity contribution is -0.190. The number of nitrogens with one attached hydrogen (secondary N) is 1. The molecule has 4 aromatic rings. The number of rotatable bonds is 5. The SMILES string of the molecule is CC(O)(C(=O)Nc1ccc2c(N)noc2c1)C1(C)OCCN(c2ccn(-c3ccnnc3)n2)C1=O. The summed E-state index contributed by atoms with van der Waals surface area (Å²) in [5.41, 5.74) is 2.94. The summed E-state index contributed by atoms with van der Waals surface area (Å²) in [6, 6.07) is 8.10. The van der Waals surface area contributed by atoms with E-state index < -0.39 is 23.0 Å². The van der Waals surface area contributed by atoms with Crippen LogP contribution in [0, 0.1) is 0 Å². The van der Waals surface area contributed by atoms with Crippen LogP contribution in [0.15, 0.2) is 53.4 Å². The van der Waals surface area contributed by atoms with Crippen molar-refractivity contribution in [3.8, 4) is 5.69 Å². The lowest BCUT2D eigenvalue weighted by Crippen LogP contribution is -2.69. The van der Waals surface area contributed by atoms with Gasteiger partial charge in [0.2, 0.25) is 0 Å². The Morgan fingerprint density at radius 2 is 2.11 bits per heavy atom. The third-order valence-corrected chi connectivity index (χ3v) is 6.17. The second-order valence-corrected chi connectivity index (χ2v) is 8.36. The first-order valence-electron chi connectivity index (χ1n) is 10.7. The van der Waals surface area contributed by atoms with Crippen LogP contribution in [0.1, 0.15) is 13.8 Å². The Bertz CT molecular complexity index is 1420. The van der Waals surface area contributed by atoms with E-state index in [0.717, 1.165) is 0 Å². The predicted octanol–water partition coefficient (Wildman–Crippen LogP) is 0.897. The molecular formula is C22H22N8O5. The average Bonchev–Trinajstić information content (AvgIpc) is 3.48. The molecule has 0 bridgehead atoms. The Morgan fingerprint density at radius 1 is 1.29 bits per heavy atom. The van der Waals surface area contributed by atoms with Crippen LogP contribution in [0.3, 0.4) is 0 Å². The van der Waals surface area contributed by atoms with Gasteiger partial charge in [-0.15, -0.1) is 5.10 Å². The largest absolute Gasteiger partial charge is 0.380 e. The summed E-state index contributed by atoms with van der Waals surface area (Å²) in [4.78, 5) is 28.0. The molecule has 1 aliphatic heterocycles. The van der Waals surface area contributed by atoms with Gasteiger partial charge in [0.05, 0.1) is 36.6 Å². The van der Waals surface area contributed by atoms with Gasteiger partial charge in [-0.05, 0) is 32.0 Å². The standard InChI is InChI=1S/C22H22N8O5/c1-21(33,19(31)26-13-3-4-15-16(11-13)35-28-18(15)23)22(2)20(32)29(9-10-34-22)17-6-8-30(27-17)14-5-7-24-25-12-14/h3-8,11-12,33H,9-10H2,1-2H3,(H2,23,28)(H,26,31). The van der Waals surface area contributed by atoms with E-state index in [1.807, 2.05) is 0 Å². The maximum Gasteiger partial charge on any atom is 0.263 e. The van der Waals surface area contributed by atoms with Crippen LogP contribution >= 0.6 is 0 Å². The molecule has 1 aromatic carbocycles. The van der Waals surface area contributed by atoms with Crippen molar-refractivity contribution in [1.82, 2.24) is 25.1 Å². The molecule has 2 unspecified atom stereocenters. The smallest absolute Gasteiger partial charge is 0.263 e. The highest BCUT2D eigenvalue weighted by Crippen LogP contribution is 2.34. The molecule has 13 heteroatoms. The molecule has 1 saturated heterocycles. The van der Waals surface area contributed by atoms with Gasteiger partial charge in [-0.3, -0.25) is 14.5 Å². The van der Waals surface area contributed by atoms with Gasteiger partial charge in [0.25, 0.3) is 11.8 Å². The van der Waals surface area contributed by atoms with E-state index in [2.05, 4.69) is 25.8 Å². The van der Waals surface area contributed by atoms with Gasteiger partial charge in [0, 0.05) is 24.0 Å². The Labute approximate surface area is 198 Å². The van der Waals surface area contributed by atoms with Crippen LogP contribution in [-0.4, -0.2) is 66.4 Å². The number of anilines is 3. The van der Waals surface area contributed by atoms with Gasteiger partial charge in [0.1, 0.15) is 0 Å². The van der Waals surface area contributed by atoms with Crippen molar-refractivity contribution in [2.75, 3.05) is 29.1 Å². The zero-order valence-corrected chi connectivity index (χ0v) is 18.9. The quantitative estimate of drug-likeness (QED) is 0.374. The molecule has 3 aromatic heterocycles. The molecular weight excluding hydrogens is 456 g/mol. The van der Waals surface area contributed by atoms with Crippen molar-refractivity contribution in [2.24, 2.45) is 0 Å². The highest BCUT2D eigenvalue weighted by atomic mass is 16.5. The summed E-state index contributed by atoms with van der Waals surface area (Å²) in [6.07, 6.45) is 4.73. The third-order valence-electron chi connectivity index (χ3n) is 6.17. The zero-order valence-electron chi connectivity index (χ0n) is 18.9. The molecule has 0 spiro atoms. The number of carbonyl (C=O) groups is 2. The number of nitrogens with zero attached hydrogens (tertiary/aromatic N) is 6. The van der Waals surface area contributed by atoms with Crippen LogP contribution < -0.4 is 16.0 Å². The van der Waals surface area contributed by atoms with Gasteiger partial charge in [0.15, 0.2) is 28.4 Å². The number of aromatic nitrogens is 5. The number of nitrogen functional groups attached to an aromatic ring is 1. The molecule has 2 atom stereocenters. The highest BCUT2D eigenvalue weighted by molar-refractivity contribution is 6.08. The molecule has 180 valence electrons. The van der Waals surface area contributed by atoms with E-state index in [4.69, 9.17) is 15.0 Å². The molecule has 0 radical (unpaired) electrons. The maximum absolute atomic E-state index is 13.5. The fraction of sp³-hybridized carbons (Fsp3) is 0.273. The summed E-state index contributed by atoms with van der Waals surface area (Å²) >= 11 is 0. The van der Waals surface area contributed by atoms with E-state index in [-0.39, 0.29) is 19.0 Å². The number of aliphatic hydroxyl groups is 1. The van der Waals surface area contributed by atoms with Crippen molar-refractivity contribution in [2.45, 2.75) is 25.0 Å². The van der Waals surface area contributed by atoms with Crippen LogP contribution in [0.25, 0.3) is 16.7 Å². The van der Waals surface area contributed by atoms with E-state index >= 15 is 0 Å². The molecule has 2 amide bonds. The number of nitrogens with two attached hydrogens (primary N) is 1. The zero-order chi connectivity index (χ0) is 24.8. The Morgan fingerprint density at radius 3 is 2.89 bits per heavy atom. The average molecular weight is 478 g/mol. The van der Waals surface area contributed by atoms with Crippen LogP contribution in [-0.2, 0) is 14.3 Å². The normalized spacial score (nSPS) is 20.1. The molecule has 0 saturated carbocycles. The van der Waals surface area contributed by atoms with Gasteiger partial charge < -0.3 is 25.4 Å². The number of hydrogen-bond donors (Lipinski definition) is 3. The molecule has 4 N–H and O–H groups in total. The number of hydrogen-bond acceptors (Lipinski definition) is 10. The fourth-order valence-corrected chi connectivity index (χ4v) is 3.85. The highest BCUT2D eigenvalue weighted by Gasteiger charge is 2.58. The third kappa shape index (κ3) is 3.66. The minimum absolute atomic E-state index is 0.0820. The lowest BCUT2D eigenvalue weighted by Gasteiger charge is -2.45. The molecule has 1 fully saturated rings. The van der Waals surface area contributed by atoms with Gasteiger partial charge >= 0.3 is 0 Å². The summed E-state index contributed by atoms with van der Waals surface area (Å²) in [5, 5.41) is 30.1. The molecule has 13 nitrogen and oxygen atoms in total. The minimum Gasteiger partial charge on any atom is -0.380 e. The van der Waals surface area contributed by atoms with Gasteiger partial charge in [-0.1, -0.05) is 5.16 Å². The number of benzene rings is 1. The summed E-state index contributed by atoms with van der Waals surface area (Å²) < 4.78 is 12.4. The predicted molar refractivity (Wildman–Crippen MR) is 124 cm³/mol. The van der Waals surface area contributed by atoms with E-state index in [1.54, 1.807) is 35.1 Å². The first-order valence-corrected chi connectivity index (χ1v) is 10.7. The minimum atomic E-state index is -2.24. The molecule has 35 heavy (non-hydrogen) atoms. The van der Waals surface area contributed by atoms with Crippen LogP contribution in [0.4, 0.5) is 17.3 Å². The Hall–Kier alpha value is -4.36. The Balaban J connectivity index is 1.38. The molecule has 4 heterocycles. The second-order valence-electron chi connectivity index (χ2n) is 8.36. The van der Waals surface area contributed by atoms with E-state index in [9.17, 15) is 14.7 Å². The van der Waals surface area contributed by atoms with Gasteiger partial charge in [-0.2, -0.15) is 10.2 Å². The number of morpholine rings is 1. The maximum atomic E-state index is 13.5. The summed E-state index contributed by atoms with van der Waals surface area (Å²) in [7, 11) is 0. The molecule has 0 aliphatic carbocycles. The van der Waals surface area contributed by atoms with E-state index in [1.165, 1.54) is 37.2 Å². The molecule has 1 aliphatic rings. The monoisotopic (exact) mass is 478 g/mol. The fourth-order valence-electron chi connectivity index (χ4n) is 3.85. The number of amides is 2. The number of carbonyl (C=O) groups excluding carboxylic acids is 2. The van der Waals surface area contributed by atoms with Crippen molar-refractivity contribution in [3.63, 3.8) is 0 Å². The van der Waals surface area contributed by atoms with Crippen molar-refractivity contribution in [3.05, 3.63) is 48.9 Å². The topological polar surface area (TPSA) is 175 Å². The van der Waals surface area contributed by atoms with Gasteiger partial charge in [-0.25, -0.2) is 4.68 Å². The van der Waals surface area contributed by atoms with Crippen molar-refractivity contribution in [1.29, 1.82) is 0 Å². The van der Waals surface area contributed by atoms with Crippen LogP contribution in [0.5, 0.6) is 0 Å². The first-order chi connectivity index (χ1) is 16.7. The number of fused-ring (bicyclic) bond motifs is 1. The first kappa shape index (κ1) is 22.4. The van der Waals surface area contributed by atoms with Crippen molar-refractivity contribution >= 4 is 40.1 Å². The lowest BCUT2D eigenvalue weighted by atomic mass is 9.82. The summed E-state index contributed by atoms with van der Waals surface area (Å²) in [5.74, 6) is -0.886. The summed E-state index contributed by atoms with van der Waals surface area (Å²) in [6.45, 7) is 2.89.